The molecule has 1 aromatic heterocycles. The lowest BCUT2D eigenvalue weighted by Crippen LogP contribution is -2.21. The number of nitrogens with zero attached hydrogens (tertiary/aromatic N) is 2. The first-order chi connectivity index (χ1) is 9.49. The number of pyridine rings is 1. The highest BCUT2D eigenvalue weighted by atomic mass is 16.5. The van der Waals surface area contributed by atoms with E-state index in [1.165, 1.54) is 11.1 Å². The summed E-state index contributed by atoms with van der Waals surface area (Å²) in [7, 11) is 3.39. The number of rotatable bonds is 3. The van der Waals surface area contributed by atoms with Gasteiger partial charge >= 0.3 is 0 Å². The molecule has 0 radical (unpaired) electrons. The summed E-state index contributed by atoms with van der Waals surface area (Å²) in [5.41, 5.74) is 7.87. The number of nitrogen functional groups attached to an aromatic ring is 1. The second-order valence-electron chi connectivity index (χ2n) is 4.68. The van der Waals surface area contributed by atoms with Gasteiger partial charge < -0.3 is 15.4 Å². The van der Waals surface area contributed by atoms with Gasteiger partial charge in [-0.05, 0) is 24.6 Å². The molecule has 2 N–H and O–H groups in total. The van der Waals surface area contributed by atoms with E-state index in [4.69, 9.17) is 10.5 Å². The molecule has 0 spiro atoms. The molecule has 5 nitrogen and oxygen atoms in total. The summed E-state index contributed by atoms with van der Waals surface area (Å²) >= 11 is 0. The molecule has 5 heteroatoms. The number of nitrogens with two attached hydrogens (primary N) is 1. The summed E-state index contributed by atoms with van der Waals surface area (Å²) in [5, 5.41) is 0. The standard InChI is InChI=1S/C15H17N3O2/c1-10-5-4-6-12(16)14(10)20-13-8-7-11(9-17-13)15(19)18(2)3/h4-9H,16H2,1-3H3. The molecule has 2 aromatic rings. The van der Waals surface area contributed by atoms with Crippen LogP contribution in [-0.4, -0.2) is 29.9 Å². The number of ether oxygens (including phenoxy) is 1. The molecular formula is C15H17N3O2. The third-order valence-corrected chi connectivity index (χ3v) is 2.84. The first-order valence-electron chi connectivity index (χ1n) is 6.19. The minimum Gasteiger partial charge on any atom is -0.437 e. The van der Waals surface area contributed by atoms with Crippen molar-refractivity contribution in [2.24, 2.45) is 0 Å². The van der Waals surface area contributed by atoms with Gasteiger partial charge in [0.25, 0.3) is 5.91 Å². The SMILES string of the molecule is Cc1cccc(N)c1Oc1ccc(C(=O)N(C)C)cn1. The maximum Gasteiger partial charge on any atom is 0.254 e. The van der Waals surface area contributed by atoms with Crippen LogP contribution in [0.3, 0.4) is 0 Å². The summed E-state index contributed by atoms with van der Waals surface area (Å²) in [6, 6.07) is 8.88. The van der Waals surface area contributed by atoms with E-state index in [0.29, 0.717) is 22.9 Å². The van der Waals surface area contributed by atoms with Gasteiger partial charge in [-0.25, -0.2) is 4.98 Å². The molecule has 0 atom stereocenters. The molecule has 104 valence electrons. The number of carbonyl (C=O) groups is 1. The lowest BCUT2D eigenvalue weighted by atomic mass is 10.2. The molecule has 2 rings (SSSR count). The Morgan fingerprint density at radius 2 is 2.00 bits per heavy atom. The zero-order valence-electron chi connectivity index (χ0n) is 11.8. The Morgan fingerprint density at radius 3 is 2.55 bits per heavy atom. The Labute approximate surface area is 118 Å². The topological polar surface area (TPSA) is 68.5 Å². The summed E-state index contributed by atoms with van der Waals surface area (Å²) in [5.74, 6) is 0.896. The number of para-hydroxylation sites is 1. The van der Waals surface area contributed by atoms with Crippen LogP contribution in [0.15, 0.2) is 36.5 Å². The molecular weight excluding hydrogens is 254 g/mol. The number of hydrogen-bond acceptors (Lipinski definition) is 4. The summed E-state index contributed by atoms with van der Waals surface area (Å²) < 4.78 is 5.67. The molecule has 0 aliphatic carbocycles. The van der Waals surface area contributed by atoms with E-state index in [1.54, 1.807) is 32.3 Å². The number of benzene rings is 1. The number of aromatic nitrogens is 1. The second kappa shape index (κ2) is 5.61. The highest BCUT2D eigenvalue weighted by molar-refractivity contribution is 5.93. The average molecular weight is 271 g/mol. The molecule has 0 aliphatic heterocycles. The minimum atomic E-state index is -0.0977. The molecule has 1 aromatic carbocycles. The van der Waals surface area contributed by atoms with Gasteiger partial charge in [-0.15, -0.1) is 0 Å². The Hall–Kier alpha value is -2.56. The quantitative estimate of drug-likeness (QED) is 0.871. The lowest BCUT2D eigenvalue weighted by molar-refractivity contribution is 0.0827. The van der Waals surface area contributed by atoms with E-state index in [9.17, 15) is 4.79 Å². The van der Waals surface area contributed by atoms with Gasteiger partial charge in [0.2, 0.25) is 5.88 Å². The monoisotopic (exact) mass is 271 g/mol. The Kier molecular flexibility index (Phi) is 3.89. The normalized spacial score (nSPS) is 10.2. The maximum absolute atomic E-state index is 11.7. The van der Waals surface area contributed by atoms with Crippen molar-refractivity contribution < 1.29 is 9.53 Å². The minimum absolute atomic E-state index is 0.0977. The number of hydrogen-bond donors (Lipinski definition) is 1. The van der Waals surface area contributed by atoms with Gasteiger partial charge in [-0.2, -0.15) is 0 Å². The molecule has 0 aliphatic rings. The van der Waals surface area contributed by atoms with Crippen molar-refractivity contribution in [2.45, 2.75) is 6.92 Å². The van der Waals surface area contributed by atoms with E-state index >= 15 is 0 Å². The van der Waals surface area contributed by atoms with Crippen molar-refractivity contribution in [1.29, 1.82) is 0 Å². The van der Waals surface area contributed by atoms with Gasteiger partial charge in [0, 0.05) is 26.4 Å². The number of carbonyl (C=O) groups excluding carboxylic acids is 1. The summed E-state index contributed by atoms with van der Waals surface area (Å²) in [6.07, 6.45) is 1.49. The molecule has 0 saturated carbocycles. The Morgan fingerprint density at radius 1 is 1.25 bits per heavy atom. The van der Waals surface area contributed by atoms with E-state index in [-0.39, 0.29) is 5.91 Å². The molecule has 1 amide bonds. The fraction of sp³-hybridized carbons (Fsp3) is 0.200. The summed E-state index contributed by atoms with van der Waals surface area (Å²) in [4.78, 5) is 17.4. The lowest BCUT2D eigenvalue weighted by Gasteiger charge is -2.12. The van der Waals surface area contributed by atoms with Crippen LogP contribution in [0.4, 0.5) is 5.69 Å². The van der Waals surface area contributed by atoms with Crippen molar-refractivity contribution in [3.05, 3.63) is 47.7 Å². The van der Waals surface area contributed by atoms with Crippen molar-refractivity contribution >= 4 is 11.6 Å². The fourth-order valence-electron chi connectivity index (χ4n) is 1.74. The molecule has 1 heterocycles. The summed E-state index contributed by atoms with van der Waals surface area (Å²) in [6.45, 7) is 1.91. The van der Waals surface area contributed by atoms with E-state index in [2.05, 4.69) is 4.98 Å². The third-order valence-electron chi connectivity index (χ3n) is 2.84. The highest BCUT2D eigenvalue weighted by Gasteiger charge is 2.10. The molecule has 0 bridgehead atoms. The molecule has 0 saturated heterocycles. The van der Waals surface area contributed by atoms with Crippen LogP contribution >= 0.6 is 0 Å². The van der Waals surface area contributed by atoms with Crippen molar-refractivity contribution in [2.75, 3.05) is 19.8 Å². The average Bonchev–Trinajstić information content (AvgIpc) is 2.43. The van der Waals surface area contributed by atoms with Crippen LogP contribution in [0.5, 0.6) is 11.6 Å². The first-order valence-corrected chi connectivity index (χ1v) is 6.19. The predicted molar refractivity (Wildman–Crippen MR) is 77.9 cm³/mol. The van der Waals surface area contributed by atoms with E-state index in [0.717, 1.165) is 5.56 Å². The van der Waals surface area contributed by atoms with Gasteiger partial charge in [-0.1, -0.05) is 12.1 Å². The van der Waals surface area contributed by atoms with Crippen LogP contribution in [0, 0.1) is 6.92 Å². The van der Waals surface area contributed by atoms with Gasteiger partial charge in [0.1, 0.15) is 0 Å². The van der Waals surface area contributed by atoms with Crippen LogP contribution < -0.4 is 10.5 Å². The number of amides is 1. The zero-order chi connectivity index (χ0) is 14.7. The third kappa shape index (κ3) is 2.88. The predicted octanol–water partition coefficient (Wildman–Crippen LogP) is 2.47. The smallest absolute Gasteiger partial charge is 0.254 e. The van der Waals surface area contributed by atoms with Crippen LogP contribution in [0.25, 0.3) is 0 Å². The largest absolute Gasteiger partial charge is 0.437 e. The number of aryl methyl sites for hydroxylation is 1. The van der Waals surface area contributed by atoms with Gasteiger partial charge in [0.05, 0.1) is 11.3 Å². The van der Waals surface area contributed by atoms with Gasteiger partial charge in [0.15, 0.2) is 5.75 Å². The Balaban J connectivity index is 2.21. The second-order valence-corrected chi connectivity index (χ2v) is 4.68. The van der Waals surface area contributed by atoms with Crippen LogP contribution in [0.1, 0.15) is 15.9 Å². The van der Waals surface area contributed by atoms with Crippen LogP contribution in [-0.2, 0) is 0 Å². The van der Waals surface area contributed by atoms with Crippen LogP contribution in [0.2, 0.25) is 0 Å². The Bertz CT molecular complexity index is 601. The van der Waals surface area contributed by atoms with E-state index < -0.39 is 0 Å². The molecule has 20 heavy (non-hydrogen) atoms. The number of anilines is 1. The highest BCUT2D eigenvalue weighted by Crippen LogP contribution is 2.29. The zero-order valence-corrected chi connectivity index (χ0v) is 11.8. The van der Waals surface area contributed by atoms with E-state index in [1.807, 2.05) is 19.1 Å². The van der Waals surface area contributed by atoms with Crippen molar-refractivity contribution in [3.63, 3.8) is 0 Å². The molecule has 0 unspecified atom stereocenters. The fourth-order valence-corrected chi connectivity index (χ4v) is 1.74. The van der Waals surface area contributed by atoms with Gasteiger partial charge in [-0.3, -0.25) is 4.79 Å². The first kappa shape index (κ1) is 13.9. The molecule has 0 fully saturated rings. The maximum atomic E-state index is 11.7. The van der Waals surface area contributed by atoms with Crippen molar-refractivity contribution in [3.8, 4) is 11.6 Å². The van der Waals surface area contributed by atoms with Crippen molar-refractivity contribution in [1.82, 2.24) is 9.88 Å².